The smallest absolute Gasteiger partial charge is 0.242 e. The van der Waals surface area contributed by atoms with Crippen molar-refractivity contribution in [2.24, 2.45) is 5.41 Å². The van der Waals surface area contributed by atoms with Gasteiger partial charge in [0.15, 0.2) is 0 Å². The third-order valence-electron chi connectivity index (χ3n) is 2.96. The topological polar surface area (TPSA) is 72.2 Å². The molecule has 0 heterocycles. The van der Waals surface area contributed by atoms with Crippen molar-refractivity contribution in [2.75, 3.05) is 12.3 Å². The Bertz CT molecular complexity index is 527. The highest BCUT2D eigenvalue weighted by molar-refractivity contribution is 7.89. The van der Waals surface area contributed by atoms with Crippen LogP contribution >= 0.6 is 11.6 Å². The number of nitrogen functional groups attached to an aromatic ring is 1. The maximum atomic E-state index is 12.1. The van der Waals surface area contributed by atoms with Crippen molar-refractivity contribution >= 4 is 27.3 Å². The van der Waals surface area contributed by atoms with Gasteiger partial charge in [0.05, 0.1) is 5.69 Å². The summed E-state index contributed by atoms with van der Waals surface area (Å²) in [5.74, 6) is 0. The second-order valence-electron chi connectivity index (χ2n) is 5.02. The summed E-state index contributed by atoms with van der Waals surface area (Å²) in [5, 5.41) is 0.347. The highest BCUT2D eigenvalue weighted by Crippen LogP contribution is 2.24. The highest BCUT2D eigenvalue weighted by Gasteiger charge is 2.22. The van der Waals surface area contributed by atoms with Crippen LogP contribution in [-0.4, -0.2) is 15.0 Å². The van der Waals surface area contributed by atoms with Crippen LogP contribution in [0.4, 0.5) is 5.69 Å². The van der Waals surface area contributed by atoms with Gasteiger partial charge in [0.2, 0.25) is 10.0 Å². The Balaban J connectivity index is 2.97. The van der Waals surface area contributed by atoms with Gasteiger partial charge in [0.1, 0.15) is 4.90 Å². The van der Waals surface area contributed by atoms with E-state index < -0.39 is 10.0 Å². The van der Waals surface area contributed by atoms with Crippen molar-refractivity contribution in [1.82, 2.24) is 4.72 Å². The molecule has 0 aliphatic carbocycles. The first-order valence-electron chi connectivity index (χ1n) is 5.73. The number of benzene rings is 1. The second-order valence-corrected chi connectivity index (χ2v) is 7.20. The molecule has 0 aromatic heterocycles. The van der Waals surface area contributed by atoms with Crippen LogP contribution in [0.3, 0.4) is 0 Å². The Kier molecular flexibility index (Phi) is 4.64. The number of nitrogens with one attached hydrogen (secondary N) is 1. The number of nitrogens with two attached hydrogens (primary N) is 1. The molecule has 0 saturated carbocycles. The average Bonchev–Trinajstić information content (AvgIpc) is 2.30. The van der Waals surface area contributed by atoms with E-state index in [2.05, 4.69) is 4.72 Å². The summed E-state index contributed by atoms with van der Waals surface area (Å²) in [5.41, 5.74) is 5.77. The summed E-state index contributed by atoms with van der Waals surface area (Å²) in [4.78, 5) is 0.0295. The molecule has 0 amide bonds. The molecule has 102 valence electrons. The quantitative estimate of drug-likeness (QED) is 0.819. The van der Waals surface area contributed by atoms with Gasteiger partial charge in [0.25, 0.3) is 0 Å². The van der Waals surface area contributed by atoms with Gasteiger partial charge >= 0.3 is 0 Å². The van der Waals surface area contributed by atoms with Crippen LogP contribution in [0.25, 0.3) is 0 Å². The van der Waals surface area contributed by atoms with E-state index in [0.717, 1.165) is 6.42 Å². The van der Waals surface area contributed by atoms with Gasteiger partial charge in [-0.1, -0.05) is 32.4 Å². The molecule has 0 fully saturated rings. The number of hydrogen-bond donors (Lipinski definition) is 2. The minimum Gasteiger partial charge on any atom is -0.398 e. The Hall–Kier alpha value is -0.780. The van der Waals surface area contributed by atoms with Crippen molar-refractivity contribution < 1.29 is 8.42 Å². The van der Waals surface area contributed by atoms with Gasteiger partial charge in [-0.2, -0.15) is 0 Å². The predicted molar refractivity (Wildman–Crippen MR) is 75.1 cm³/mol. The largest absolute Gasteiger partial charge is 0.398 e. The SMILES string of the molecule is CCC(C)(C)CNS(=O)(=O)c1cc(Cl)ccc1N. The van der Waals surface area contributed by atoms with Gasteiger partial charge < -0.3 is 5.73 Å². The molecule has 6 heteroatoms. The highest BCUT2D eigenvalue weighted by atomic mass is 35.5. The van der Waals surface area contributed by atoms with E-state index in [-0.39, 0.29) is 16.0 Å². The number of hydrogen-bond acceptors (Lipinski definition) is 3. The van der Waals surface area contributed by atoms with E-state index in [0.29, 0.717) is 11.6 Å². The van der Waals surface area contributed by atoms with Crippen LogP contribution in [0.5, 0.6) is 0 Å². The average molecular weight is 291 g/mol. The van der Waals surface area contributed by atoms with E-state index >= 15 is 0 Å². The van der Waals surface area contributed by atoms with Crippen LogP contribution < -0.4 is 10.5 Å². The van der Waals surface area contributed by atoms with Crippen LogP contribution in [-0.2, 0) is 10.0 Å². The molecule has 0 spiro atoms. The van der Waals surface area contributed by atoms with Gasteiger partial charge in [-0.15, -0.1) is 0 Å². The Morgan fingerprint density at radius 3 is 2.56 bits per heavy atom. The minimum atomic E-state index is -3.62. The Morgan fingerprint density at radius 2 is 2.00 bits per heavy atom. The van der Waals surface area contributed by atoms with Crippen molar-refractivity contribution in [3.05, 3.63) is 23.2 Å². The van der Waals surface area contributed by atoms with E-state index in [1.54, 1.807) is 6.07 Å². The van der Waals surface area contributed by atoms with Gasteiger partial charge in [-0.3, -0.25) is 0 Å². The maximum absolute atomic E-state index is 12.1. The van der Waals surface area contributed by atoms with Crippen molar-refractivity contribution in [2.45, 2.75) is 32.1 Å². The maximum Gasteiger partial charge on any atom is 0.242 e. The van der Waals surface area contributed by atoms with E-state index in [9.17, 15) is 8.42 Å². The van der Waals surface area contributed by atoms with Gasteiger partial charge in [-0.25, -0.2) is 13.1 Å². The minimum absolute atomic E-state index is 0.0295. The van der Waals surface area contributed by atoms with E-state index in [4.69, 9.17) is 17.3 Å². The van der Waals surface area contributed by atoms with Crippen molar-refractivity contribution in [3.63, 3.8) is 0 Å². The molecule has 18 heavy (non-hydrogen) atoms. The number of halogens is 1. The third-order valence-corrected chi connectivity index (χ3v) is 4.66. The van der Waals surface area contributed by atoms with Crippen LogP contribution in [0.15, 0.2) is 23.1 Å². The second kappa shape index (κ2) is 5.47. The van der Waals surface area contributed by atoms with Crippen molar-refractivity contribution in [1.29, 1.82) is 0 Å². The fourth-order valence-corrected chi connectivity index (χ4v) is 2.87. The molecule has 0 unspecified atom stereocenters. The summed E-state index contributed by atoms with van der Waals surface area (Å²) >= 11 is 5.79. The molecule has 0 atom stereocenters. The zero-order chi connectivity index (χ0) is 14.0. The molecule has 1 aromatic carbocycles. The first kappa shape index (κ1) is 15.3. The third kappa shape index (κ3) is 3.86. The van der Waals surface area contributed by atoms with Crippen LogP contribution in [0, 0.1) is 5.41 Å². The lowest BCUT2D eigenvalue weighted by molar-refractivity contribution is 0.350. The molecule has 0 bridgehead atoms. The normalized spacial score (nSPS) is 12.7. The molecule has 0 radical (unpaired) electrons. The molecule has 4 nitrogen and oxygen atoms in total. The zero-order valence-electron chi connectivity index (χ0n) is 10.8. The molecule has 3 N–H and O–H groups in total. The fourth-order valence-electron chi connectivity index (χ4n) is 1.23. The molecular weight excluding hydrogens is 272 g/mol. The molecule has 1 rings (SSSR count). The lowest BCUT2D eigenvalue weighted by atomic mass is 9.91. The van der Waals surface area contributed by atoms with E-state index in [1.165, 1.54) is 12.1 Å². The molecular formula is C12H19ClN2O2S. The number of rotatable bonds is 5. The molecule has 1 aromatic rings. The number of anilines is 1. The monoisotopic (exact) mass is 290 g/mol. The van der Waals surface area contributed by atoms with Gasteiger partial charge in [-0.05, 0) is 30.0 Å². The van der Waals surface area contributed by atoms with Crippen LogP contribution in [0.2, 0.25) is 5.02 Å². The molecule has 0 saturated heterocycles. The molecule has 0 aliphatic heterocycles. The van der Waals surface area contributed by atoms with Crippen LogP contribution in [0.1, 0.15) is 27.2 Å². The first-order valence-corrected chi connectivity index (χ1v) is 7.59. The lowest BCUT2D eigenvalue weighted by Crippen LogP contribution is -2.34. The lowest BCUT2D eigenvalue weighted by Gasteiger charge is -2.23. The summed E-state index contributed by atoms with van der Waals surface area (Å²) < 4.78 is 26.8. The first-order chi connectivity index (χ1) is 8.18. The predicted octanol–water partition coefficient (Wildman–Crippen LogP) is 2.64. The zero-order valence-corrected chi connectivity index (χ0v) is 12.4. The summed E-state index contributed by atoms with van der Waals surface area (Å²) in [6, 6.07) is 4.41. The summed E-state index contributed by atoms with van der Waals surface area (Å²) in [6.07, 6.45) is 0.876. The van der Waals surface area contributed by atoms with Gasteiger partial charge in [0, 0.05) is 11.6 Å². The summed E-state index contributed by atoms with van der Waals surface area (Å²) in [7, 11) is -3.62. The summed E-state index contributed by atoms with van der Waals surface area (Å²) in [6.45, 7) is 6.37. The Labute approximate surface area is 114 Å². The van der Waals surface area contributed by atoms with Crippen molar-refractivity contribution in [3.8, 4) is 0 Å². The van der Waals surface area contributed by atoms with E-state index in [1.807, 2.05) is 20.8 Å². The standard InChI is InChI=1S/C12H19ClN2O2S/c1-4-12(2,3)8-15-18(16,17)11-7-9(13)5-6-10(11)14/h5-7,15H,4,8,14H2,1-3H3. The number of sulfonamides is 1. The Morgan fingerprint density at radius 1 is 1.39 bits per heavy atom. The molecule has 0 aliphatic rings. The fraction of sp³-hybridized carbons (Fsp3) is 0.500.